The molecule has 1 amide bonds. The zero-order valence-corrected chi connectivity index (χ0v) is 11.3. The molecule has 5 nitrogen and oxygen atoms in total. The summed E-state index contributed by atoms with van der Waals surface area (Å²) in [6.07, 6.45) is 1.44. The molecule has 0 aliphatic carbocycles. The van der Waals surface area contributed by atoms with E-state index in [9.17, 15) is 4.79 Å². The number of likely N-dealkylation sites (N-methyl/N-ethyl adjacent to an activating group) is 1. The van der Waals surface area contributed by atoms with Gasteiger partial charge >= 0.3 is 0 Å². The van der Waals surface area contributed by atoms with Gasteiger partial charge in [0.2, 0.25) is 5.91 Å². The number of amides is 1. The molecule has 3 N–H and O–H groups in total. The summed E-state index contributed by atoms with van der Waals surface area (Å²) in [5, 5.41) is 3.33. The average molecular weight is 243 g/mol. The third-order valence-electron chi connectivity index (χ3n) is 3.23. The van der Waals surface area contributed by atoms with E-state index >= 15 is 0 Å². The van der Waals surface area contributed by atoms with Crippen molar-refractivity contribution in [3.63, 3.8) is 0 Å². The highest BCUT2D eigenvalue weighted by molar-refractivity contribution is 5.84. The van der Waals surface area contributed by atoms with Crippen molar-refractivity contribution in [2.75, 3.05) is 27.2 Å². The first-order valence-electron chi connectivity index (χ1n) is 6.21. The van der Waals surface area contributed by atoms with Crippen LogP contribution in [0.15, 0.2) is 0 Å². The van der Waals surface area contributed by atoms with Crippen LogP contribution in [-0.4, -0.2) is 55.7 Å². The van der Waals surface area contributed by atoms with Crippen LogP contribution in [0.3, 0.4) is 0 Å². The van der Waals surface area contributed by atoms with Gasteiger partial charge in [-0.15, -0.1) is 0 Å². The Morgan fingerprint density at radius 1 is 1.41 bits per heavy atom. The van der Waals surface area contributed by atoms with Gasteiger partial charge in [0.25, 0.3) is 0 Å². The Labute approximate surface area is 104 Å². The number of carbonyl (C=O) groups excluding carboxylic acids is 1. The van der Waals surface area contributed by atoms with Crippen LogP contribution < -0.4 is 11.1 Å². The van der Waals surface area contributed by atoms with Gasteiger partial charge in [-0.1, -0.05) is 0 Å². The maximum atomic E-state index is 11.7. The molecule has 1 aliphatic rings. The Morgan fingerprint density at radius 2 is 1.94 bits per heavy atom. The topological polar surface area (TPSA) is 67.6 Å². The van der Waals surface area contributed by atoms with Crippen LogP contribution in [0.1, 0.15) is 26.7 Å². The quantitative estimate of drug-likeness (QED) is 0.710. The molecule has 1 fully saturated rings. The molecule has 100 valence electrons. The van der Waals surface area contributed by atoms with Crippen LogP contribution in [0.4, 0.5) is 0 Å². The van der Waals surface area contributed by atoms with Crippen molar-refractivity contribution in [3.8, 4) is 0 Å². The lowest BCUT2D eigenvalue weighted by atomic mass is 9.83. The molecular formula is C12H25N3O2. The molecule has 0 aromatic rings. The third-order valence-corrected chi connectivity index (χ3v) is 3.23. The van der Waals surface area contributed by atoms with E-state index in [4.69, 9.17) is 10.5 Å². The molecule has 0 bridgehead atoms. The molecular weight excluding hydrogens is 218 g/mol. The van der Waals surface area contributed by atoms with Gasteiger partial charge in [0, 0.05) is 25.9 Å². The fourth-order valence-electron chi connectivity index (χ4n) is 2.51. The van der Waals surface area contributed by atoms with Crippen molar-refractivity contribution in [1.29, 1.82) is 0 Å². The van der Waals surface area contributed by atoms with E-state index in [0.29, 0.717) is 12.8 Å². The fraction of sp³-hybridized carbons (Fsp3) is 0.917. The molecule has 0 radical (unpaired) electrons. The second-order valence-electron chi connectivity index (χ2n) is 5.34. The summed E-state index contributed by atoms with van der Waals surface area (Å²) < 4.78 is 5.66. The van der Waals surface area contributed by atoms with Gasteiger partial charge in [0.05, 0.1) is 12.2 Å². The van der Waals surface area contributed by atoms with Crippen molar-refractivity contribution in [1.82, 2.24) is 10.2 Å². The number of hydrogen-bond donors (Lipinski definition) is 2. The van der Waals surface area contributed by atoms with Crippen molar-refractivity contribution in [2.45, 2.75) is 44.4 Å². The molecule has 1 heterocycles. The Hall–Kier alpha value is -0.650. The molecule has 0 saturated carbocycles. The molecule has 0 spiro atoms. The van der Waals surface area contributed by atoms with Gasteiger partial charge in [0.15, 0.2) is 0 Å². The zero-order chi connectivity index (χ0) is 13.1. The Bertz CT molecular complexity index is 258. The molecule has 1 rings (SSSR count). The highest BCUT2D eigenvalue weighted by Gasteiger charge is 2.42. The number of carbonyl (C=O) groups is 1. The van der Waals surface area contributed by atoms with Crippen molar-refractivity contribution >= 4 is 5.91 Å². The number of rotatable bonds is 5. The fourth-order valence-corrected chi connectivity index (χ4v) is 2.51. The minimum atomic E-state index is -0.604. The third kappa shape index (κ3) is 3.94. The first kappa shape index (κ1) is 14.4. The summed E-state index contributed by atoms with van der Waals surface area (Å²) in [7, 11) is 4.02. The van der Waals surface area contributed by atoms with E-state index in [1.54, 1.807) is 0 Å². The number of nitrogens with two attached hydrogens (primary N) is 1. The van der Waals surface area contributed by atoms with Crippen molar-refractivity contribution in [2.24, 2.45) is 5.73 Å². The van der Waals surface area contributed by atoms with E-state index in [-0.39, 0.29) is 18.1 Å². The lowest BCUT2D eigenvalue weighted by molar-refractivity contribution is -0.135. The van der Waals surface area contributed by atoms with E-state index in [1.807, 2.05) is 27.9 Å². The number of ether oxygens (including phenoxy) is 1. The van der Waals surface area contributed by atoms with Crippen molar-refractivity contribution < 1.29 is 9.53 Å². The molecule has 2 unspecified atom stereocenters. The molecule has 2 atom stereocenters. The summed E-state index contributed by atoms with van der Waals surface area (Å²) >= 11 is 0. The molecule has 1 aliphatic heterocycles. The van der Waals surface area contributed by atoms with Gasteiger partial charge in [-0.25, -0.2) is 0 Å². The van der Waals surface area contributed by atoms with Gasteiger partial charge in [-0.2, -0.15) is 0 Å². The van der Waals surface area contributed by atoms with Crippen molar-refractivity contribution in [3.05, 3.63) is 0 Å². The number of nitrogens with zero attached hydrogens (tertiary/aromatic N) is 1. The number of hydrogen-bond acceptors (Lipinski definition) is 4. The second-order valence-corrected chi connectivity index (χ2v) is 5.34. The van der Waals surface area contributed by atoms with Gasteiger partial charge in [-0.3, -0.25) is 4.79 Å². The van der Waals surface area contributed by atoms with E-state index in [2.05, 4.69) is 10.2 Å². The van der Waals surface area contributed by atoms with Crippen LogP contribution >= 0.6 is 0 Å². The molecule has 1 saturated heterocycles. The highest BCUT2D eigenvalue weighted by Crippen LogP contribution is 2.28. The van der Waals surface area contributed by atoms with Crippen LogP contribution in [0.5, 0.6) is 0 Å². The minimum absolute atomic E-state index is 0.0677. The van der Waals surface area contributed by atoms with Crippen LogP contribution in [0.25, 0.3) is 0 Å². The molecule has 0 aromatic heterocycles. The smallest absolute Gasteiger partial charge is 0.237 e. The van der Waals surface area contributed by atoms with Gasteiger partial charge in [-0.05, 0) is 27.9 Å². The van der Waals surface area contributed by atoms with Crippen LogP contribution in [0, 0.1) is 0 Å². The van der Waals surface area contributed by atoms with Crippen LogP contribution in [-0.2, 0) is 9.53 Å². The Balaban J connectivity index is 2.65. The summed E-state index contributed by atoms with van der Waals surface area (Å²) in [5.41, 5.74) is 4.97. The van der Waals surface area contributed by atoms with E-state index < -0.39 is 5.54 Å². The average Bonchev–Trinajstić information content (AvgIpc) is 2.14. The second kappa shape index (κ2) is 5.80. The Morgan fingerprint density at radius 3 is 2.35 bits per heavy atom. The first-order valence-corrected chi connectivity index (χ1v) is 6.21. The van der Waals surface area contributed by atoms with E-state index in [1.165, 1.54) is 0 Å². The normalized spacial score (nSPS) is 33.9. The highest BCUT2D eigenvalue weighted by atomic mass is 16.5. The lowest BCUT2D eigenvalue weighted by Crippen LogP contribution is -2.62. The monoisotopic (exact) mass is 243 g/mol. The summed E-state index contributed by atoms with van der Waals surface area (Å²) in [6, 6.07) is 0. The molecule has 5 heteroatoms. The van der Waals surface area contributed by atoms with Crippen LogP contribution in [0.2, 0.25) is 0 Å². The van der Waals surface area contributed by atoms with Gasteiger partial charge in [0.1, 0.15) is 5.54 Å². The summed E-state index contributed by atoms with van der Waals surface area (Å²) in [5.74, 6) is -0.266. The number of primary amides is 1. The zero-order valence-electron chi connectivity index (χ0n) is 11.3. The minimum Gasteiger partial charge on any atom is -0.375 e. The largest absolute Gasteiger partial charge is 0.375 e. The maximum absolute atomic E-state index is 11.7. The lowest BCUT2D eigenvalue weighted by Gasteiger charge is -2.41. The molecule has 0 aromatic carbocycles. The number of nitrogens with one attached hydrogen (secondary N) is 1. The SMILES string of the molecule is CC1CC(NCCN(C)C)(C(N)=O)CC(C)O1. The maximum Gasteiger partial charge on any atom is 0.237 e. The summed E-state index contributed by atoms with van der Waals surface area (Å²) in [4.78, 5) is 13.8. The standard InChI is InChI=1S/C12H25N3O2/c1-9-7-12(11(13)16,8-10(2)17-9)14-5-6-15(3)4/h9-10,14H,5-8H2,1-4H3,(H2,13,16). The Kier molecular flexibility index (Phi) is 4.91. The predicted octanol–water partition coefficient (Wildman–Crippen LogP) is -0.0509. The first-order chi connectivity index (χ1) is 7.85. The predicted molar refractivity (Wildman–Crippen MR) is 67.7 cm³/mol. The molecule has 17 heavy (non-hydrogen) atoms. The summed E-state index contributed by atoms with van der Waals surface area (Å²) in [6.45, 7) is 5.62. The van der Waals surface area contributed by atoms with Gasteiger partial charge < -0.3 is 20.7 Å². The van der Waals surface area contributed by atoms with E-state index in [0.717, 1.165) is 13.1 Å².